The van der Waals surface area contributed by atoms with Gasteiger partial charge in [-0.2, -0.15) is 0 Å². The van der Waals surface area contributed by atoms with Gasteiger partial charge < -0.3 is 24.4 Å². The molecule has 3 aromatic carbocycles. The van der Waals surface area contributed by atoms with Crippen LogP contribution in [0, 0.1) is 0 Å². The molecule has 5 aromatic rings. The topological polar surface area (TPSA) is 53.6 Å². The number of fused-ring (bicyclic) bond motifs is 6. The number of nitrogens with zero attached hydrogens (tertiary/aromatic N) is 1. The summed E-state index contributed by atoms with van der Waals surface area (Å²) in [6.45, 7) is 1.53. The quantitative estimate of drug-likeness (QED) is 0.317. The molecule has 0 saturated heterocycles. The Balaban J connectivity index is 1.48. The van der Waals surface area contributed by atoms with Gasteiger partial charge in [-0.3, -0.25) is 0 Å². The molecule has 5 nitrogen and oxygen atoms in total. The Morgan fingerprint density at radius 3 is 2.70 bits per heavy atom. The van der Waals surface area contributed by atoms with Crippen molar-refractivity contribution in [3.8, 4) is 0 Å². The predicted molar refractivity (Wildman–Crippen MR) is 134 cm³/mol. The average molecular weight is 431 g/mol. The largest absolute Gasteiger partial charge is 0.456 e. The highest BCUT2D eigenvalue weighted by Crippen LogP contribution is 2.44. The maximum absolute atomic E-state index is 6.37. The maximum Gasteiger partial charge on any atom is 0.201 e. The summed E-state index contributed by atoms with van der Waals surface area (Å²) in [6.07, 6.45) is 8.18. The van der Waals surface area contributed by atoms with Crippen molar-refractivity contribution in [2.75, 3.05) is 16.8 Å². The van der Waals surface area contributed by atoms with Crippen LogP contribution in [0.4, 0.5) is 22.9 Å². The Labute approximate surface area is 190 Å². The zero-order valence-electron chi connectivity index (χ0n) is 17.8. The second kappa shape index (κ2) is 7.07. The first-order valence-electron chi connectivity index (χ1n) is 11.1. The van der Waals surface area contributed by atoms with Crippen molar-refractivity contribution >= 4 is 57.0 Å². The van der Waals surface area contributed by atoms with E-state index in [1.54, 1.807) is 0 Å². The van der Waals surface area contributed by atoms with Gasteiger partial charge >= 0.3 is 0 Å². The lowest BCUT2D eigenvalue weighted by Gasteiger charge is -2.25. The third kappa shape index (κ3) is 2.79. The standard InChI is InChI=1S/C28H21N3O2/c1-2-6-18(7-3-1)31(19-11-12-25-22(16-19)23-17-29-15-13-26(23)32-25)24-10-4-8-20-21-9-5-14-30-28(21)33-27(20)24/h1-13,15-16,29-30H,14,17H2. The smallest absolute Gasteiger partial charge is 0.201 e. The first-order valence-corrected chi connectivity index (χ1v) is 11.1. The molecule has 0 unspecified atom stereocenters. The van der Waals surface area contributed by atoms with E-state index in [0.29, 0.717) is 0 Å². The summed E-state index contributed by atoms with van der Waals surface area (Å²) in [6, 6.07) is 23.1. The molecule has 0 spiro atoms. The van der Waals surface area contributed by atoms with Gasteiger partial charge in [0.25, 0.3) is 0 Å². The molecule has 2 N–H and O–H groups in total. The van der Waals surface area contributed by atoms with E-state index in [0.717, 1.165) is 69.3 Å². The van der Waals surface area contributed by atoms with E-state index in [1.165, 1.54) is 5.56 Å². The molecule has 0 atom stereocenters. The summed E-state index contributed by atoms with van der Waals surface area (Å²) >= 11 is 0. The van der Waals surface area contributed by atoms with Gasteiger partial charge in [0.05, 0.1) is 5.69 Å². The number of rotatable bonds is 3. The Morgan fingerprint density at radius 2 is 1.76 bits per heavy atom. The molecule has 0 amide bonds. The van der Waals surface area contributed by atoms with Crippen molar-refractivity contribution in [2.24, 2.45) is 0 Å². The molecule has 33 heavy (non-hydrogen) atoms. The molecular formula is C28H21N3O2. The van der Waals surface area contributed by atoms with E-state index in [4.69, 9.17) is 8.83 Å². The van der Waals surface area contributed by atoms with Crippen LogP contribution >= 0.6 is 0 Å². The SMILES string of the molecule is C1=Cc2c(oc3c(N(c4ccccc4)c4ccc5oc6c(c5c4)CNC=C6)cccc23)NC1. The van der Waals surface area contributed by atoms with Crippen molar-refractivity contribution in [2.45, 2.75) is 6.54 Å². The molecule has 0 aliphatic carbocycles. The van der Waals surface area contributed by atoms with Gasteiger partial charge in [-0.1, -0.05) is 42.5 Å². The number of furan rings is 2. The van der Waals surface area contributed by atoms with Crippen LogP contribution in [0.2, 0.25) is 0 Å². The first kappa shape index (κ1) is 18.2. The van der Waals surface area contributed by atoms with Crippen LogP contribution in [0.15, 0.2) is 87.8 Å². The van der Waals surface area contributed by atoms with Crippen molar-refractivity contribution in [1.82, 2.24) is 5.32 Å². The lowest BCUT2D eigenvalue weighted by molar-refractivity contribution is 0.592. The van der Waals surface area contributed by atoms with Crippen LogP contribution in [-0.4, -0.2) is 6.54 Å². The molecule has 160 valence electrons. The van der Waals surface area contributed by atoms with Gasteiger partial charge in [0, 0.05) is 52.6 Å². The summed E-state index contributed by atoms with van der Waals surface area (Å²) in [5.41, 5.74) is 7.16. The number of anilines is 4. The Morgan fingerprint density at radius 1 is 0.818 bits per heavy atom. The molecular weight excluding hydrogens is 410 g/mol. The summed E-state index contributed by atoms with van der Waals surface area (Å²) in [5, 5.41) is 8.88. The highest BCUT2D eigenvalue weighted by molar-refractivity contribution is 6.03. The van der Waals surface area contributed by atoms with Gasteiger partial charge in [-0.05, 0) is 42.5 Å². The van der Waals surface area contributed by atoms with Gasteiger partial charge in [0.2, 0.25) is 5.88 Å². The molecule has 2 aliphatic heterocycles. The van der Waals surface area contributed by atoms with E-state index in [-0.39, 0.29) is 0 Å². The van der Waals surface area contributed by atoms with Crippen LogP contribution in [-0.2, 0) is 6.54 Å². The first-order chi connectivity index (χ1) is 16.4. The van der Waals surface area contributed by atoms with E-state index in [2.05, 4.69) is 88.3 Å². The minimum atomic E-state index is 0.756. The lowest BCUT2D eigenvalue weighted by Crippen LogP contribution is -2.11. The molecule has 7 rings (SSSR count). The lowest BCUT2D eigenvalue weighted by atomic mass is 10.1. The van der Waals surface area contributed by atoms with Gasteiger partial charge in [-0.15, -0.1) is 0 Å². The second-order valence-electron chi connectivity index (χ2n) is 8.29. The molecule has 4 heterocycles. The number of nitrogens with one attached hydrogen (secondary N) is 2. The number of benzene rings is 3. The van der Waals surface area contributed by atoms with E-state index < -0.39 is 0 Å². The van der Waals surface area contributed by atoms with Crippen LogP contribution in [0.5, 0.6) is 0 Å². The van der Waals surface area contributed by atoms with Gasteiger partial charge in [-0.25, -0.2) is 0 Å². The predicted octanol–water partition coefficient (Wildman–Crippen LogP) is 7.16. The summed E-state index contributed by atoms with van der Waals surface area (Å²) in [5.74, 6) is 1.75. The van der Waals surface area contributed by atoms with Gasteiger partial charge in [0.15, 0.2) is 5.58 Å². The Bertz CT molecular complexity index is 1570. The summed E-state index contributed by atoms with van der Waals surface area (Å²) in [4.78, 5) is 2.26. The number of para-hydroxylation sites is 2. The van der Waals surface area contributed by atoms with Crippen molar-refractivity contribution < 1.29 is 8.83 Å². The zero-order chi connectivity index (χ0) is 21.8. The van der Waals surface area contributed by atoms with Gasteiger partial charge in [0.1, 0.15) is 11.3 Å². The zero-order valence-corrected chi connectivity index (χ0v) is 17.8. The van der Waals surface area contributed by atoms with E-state index in [1.807, 2.05) is 18.3 Å². The normalized spacial score (nSPS) is 14.1. The third-order valence-corrected chi connectivity index (χ3v) is 6.35. The van der Waals surface area contributed by atoms with Crippen molar-refractivity contribution in [3.63, 3.8) is 0 Å². The average Bonchev–Trinajstić information content (AvgIpc) is 3.44. The van der Waals surface area contributed by atoms with Crippen LogP contribution in [0.3, 0.4) is 0 Å². The molecule has 2 aromatic heterocycles. The minimum Gasteiger partial charge on any atom is -0.456 e. The summed E-state index contributed by atoms with van der Waals surface area (Å²) in [7, 11) is 0. The third-order valence-electron chi connectivity index (χ3n) is 6.35. The Hall–Kier alpha value is -4.38. The van der Waals surface area contributed by atoms with E-state index >= 15 is 0 Å². The summed E-state index contributed by atoms with van der Waals surface area (Å²) < 4.78 is 12.4. The van der Waals surface area contributed by atoms with Crippen LogP contribution in [0.25, 0.3) is 34.1 Å². The van der Waals surface area contributed by atoms with Crippen molar-refractivity contribution in [3.05, 3.63) is 95.9 Å². The monoisotopic (exact) mass is 431 g/mol. The van der Waals surface area contributed by atoms with E-state index in [9.17, 15) is 0 Å². The molecule has 5 heteroatoms. The maximum atomic E-state index is 6.37. The minimum absolute atomic E-state index is 0.756. The highest BCUT2D eigenvalue weighted by atomic mass is 16.4. The van der Waals surface area contributed by atoms with Crippen LogP contribution < -0.4 is 15.5 Å². The fraction of sp³-hybridized carbons (Fsp3) is 0.0714. The molecule has 0 saturated carbocycles. The number of hydrogen-bond acceptors (Lipinski definition) is 5. The van der Waals surface area contributed by atoms with Crippen LogP contribution in [0.1, 0.15) is 16.9 Å². The molecule has 0 radical (unpaired) electrons. The molecule has 0 fully saturated rings. The fourth-order valence-corrected chi connectivity index (χ4v) is 4.84. The van der Waals surface area contributed by atoms with Crippen molar-refractivity contribution in [1.29, 1.82) is 0 Å². The molecule has 2 aliphatic rings. The fourth-order valence-electron chi connectivity index (χ4n) is 4.84. The Kier molecular flexibility index (Phi) is 3.90. The molecule has 0 bridgehead atoms. The second-order valence-corrected chi connectivity index (χ2v) is 8.29. The highest BCUT2D eigenvalue weighted by Gasteiger charge is 2.23. The number of hydrogen-bond donors (Lipinski definition) is 2.